The van der Waals surface area contributed by atoms with Crippen LogP contribution in [0, 0.1) is 10.1 Å². The molecule has 0 radical (unpaired) electrons. The van der Waals surface area contributed by atoms with E-state index in [1.165, 1.54) is 18.2 Å². The standard InChI is InChI=1S/C16H25N3O4/c1-12(2)18(13(3)4)9-8-17-16(20)11-23-15-7-5-6-14(10-15)19(21)22/h5-7,10,12-13H,8-9,11H2,1-4H3,(H,17,20). The number of rotatable bonds is 9. The van der Waals surface area contributed by atoms with E-state index in [9.17, 15) is 14.9 Å². The molecule has 0 spiro atoms. The van der Waals surface area contributed by atoms with Crippen molar-refractivity contribution in [3.8, 4) is 5.75 Å². The number of carbonyl (C=O) groups is 1. The summed E-state index contributed by atoms with van der Waals surface area (Å²) in [4.78, 5) is 24.2. The summed E-state index contributed by atoms with van der Waals surface area (Å²) in [6.45, 7) is 9.61. The molecule has 0 unspecified atom stereocenters. The predicted octanol–water partition coefficient (Wildman–Crippen LogP) is 2.21. The fraction of sp³-hybridized carbons (Fsp3) is 0.562. The molecule has 1 aromatic carbocycles. The number of non-ortho nitro benzene ring substituents is 1. The number of nitrogens with one attached hydrogen (secondary N) is 1. The lowest BCUT2D eigenvalue weighted by atomic mass is 10.2. The minimum atomic E-state index is -0.501. The fourth-order valence-electron chi connectivity index (χ4n) is 2.32. The maximum Gasteiger partial charge on any atom is 0.273 e. The first-order valence-corrected chi connectivity index (χ1v) is 7.71. The van der Waals surface area contributed by atoms with Crippen LogP contribution < -0.4 is 10.1 Å². The van der Waals surface area contributed by atoms with Gasteiger partial charge >= 0.3 is 0 Å². The predicted molar refractivity (Wildman–Crippen MR) is 88.6 cm³/mol. The van der Waals surface area contributed by atoms with Gasteiger partial charge in [0.15, 0.2) is 6.61 Å². The van der Waals surface area contributed by atoms with Crippen LogP contribution in [-0.4, -0.2) is 47.5 Å². The summed E-state index contributed by atoms with van der Waals surface area (Å²) in [5.41, 5.74) is -0.0626. The van der Waals surface area contributed by atoms with Crippen molar-refractivity contribution in [2.75, 3.05) is 19.7 Å². The Hall–Kier alpha value is -2.15. The highest BCUT2D eigenvalue weighted by atomic mass is 16.6. The lowest BCUT2D eigenvalue weighted by Crippen LogP contribution is -2.43. The zero-order chi connectivity index (χ0) is 17.4. The quantitative estimate of drug-likeness (QED) is 0.556. The summed E-state index contributed by atoms with van der Waals surface area (Å²) >= 11 is 0. The van der Waals surface area contributed by atoms with Gasteiger partial charge in [0, 0.05) is 31.2 Å². The summed E-state index contributed by atoms with van der Waals surface area (Å²) in [6.07, 6.45) is 0. The molecule has 1 amide bonds. The van der Waals surface area contributed by atoms with Gasteiger partial charge in [-0.05, 0) is 33.8 Å². The van der Waals surface area contributed by atoms with Crippen molar-refractivity contribution in [1.82, 2.24) is 10.2 Å². The van der Waals surface area contributed by atoms with Crippen LogP contribution in [0.25, 0.3) is 0 Å². The van der Waals surface area contributed by atoms with Crippen LogP contribution in [0.4, 0.5) is 5.69 Å². The molecule has 0 fully saturated rings. The normalized spacial score (nSPS) is 11.1. The van der Waals surface area contributed by atoms with Crippen molar-refractivity contribution in [3.63, 3.8) is 0 Å². The number of nitro benzene ring substituents is 1. The Morgan fingerprint density at radius 3 is 2.52 bits per heavy atom. The monoisotopic (exact) mass is 323 g/mol. The summed E-state index contributed by atoms with van der Waals surface area (Å²) in [7, 11) is 0. The zero-order valence-corrected chi connectivity index (χ0v) is 14.1. The molecular weight excluding hydrogens is 298 g/mol. The molecular formula is C16H25N3O4. The van der Waals surface area contributed by atoms with Crippen LogP contribution in [0.5, 0.6) is 5.75 Å². The molecule has 0 aliphatic heterocycles. The van der Waals surface area contributed by atoms with E-state index in [2.05, 4.69) is 37.9 Å². The number of hydrogen-bond donors (Lipinski definition) is 1. The van der Waals surface area contributed by atoms with E-state index in [-0.39, 0.29) is 18.2 Å². The number of hydrogen-bond acceptors (Lipinski definition) is 5. The van der Waals surface area contributed by atoms with Crippen LogP contribution in [0.2, 0.25) is 0 Å². The third-order valence-corrected chi connectivity index (χ3v) is 3.42. The van der Waals surface area contributed by atoms with Crippen molar-refractivity contribution in [1.29, 1.82) is 0 Å². The minimum absolute atomic E-state index is 0.0626. The highest BCUT2D eigenvalue weighted by molar-refractivity contribution is 5.77. The maximum absolute atomic E-state index is 11.8. The summed E-state index contributed by atoms with van der Waals surface area (Å²) in [5.74, 6) is 0.0595. The van der Waals surface area contributed by atoms with Crippen LogP contribution in [0.3, 0.4) is 0 Å². The highest BCUT2D eigenvalue weighted by Gasteiger charge is 2.13. The van der Waals surface area contributed by atoms with E-state index in [0.717, 1.165) is 6.54 Å². The number of nitrogens with zero attached hydrogens (tertiary/aromatic N) is 2. The molecule has 1 aromatic rings. The largest absolute Gasteiger partial charge is 0.484 e. The van der Waals surface area contributed by atoms with E-state index >= 15 is 0 Å². The lowest BCUT2D eigenvalue weighted by Gasteiger charge is -2.30. The first-order chi connectivity index (χ1) is 10.8. The lowest BCUT2D eigenvalue weighted by molar-refractivity contribution is -0.384. The van der Waals surface area contributed by atoms with Crippen molar-refractivity contribution in [2.24, 2.45) is 0 Å². The van der Waals surface area contributed by atoms with Gasteiger partial charge in [-0.2, -0.15) is 0 Å². The van der Waals surface area contributed by atoms with Gasteiger partial charge in [-0.25, -0.2) is 0 Å². The molecule has 1 N–H and O–H groups in total. The average Bonchev–Trinajstić information content (AvgIpc) is 2.49. The Bertz CT molecular complexity index is 524. The van der Waals surface area contributed by atoms with Crippen molar-refractivity contribution in [2.45, 2.75) is 39.8 Å². The highest BCUT2D eigenvalue weighted by Crippen LogP contribution is 2.18. The van der Waals surface area contributed by atoms with E-state index in [4.69, 9.17) is 4.74 Å². The first-order valence-electron chi connectivity index (χ1n) is 7.71. The Labute approximate surface area is 136 Å². The molecule has 7 nitrogen and oxygen atoms in total. The molecule has 23 heavy (non-hydrogen) atoms. The number of benzene rings is 1. The van der Waals surface area contributed by atoms with Crippen LogP contribution in [0.1, 0.15) is 27.7 Å². The minimum Gasteiger partial charge on any atom is -0.484 e. The second-order valence-corrected chi connectivity index (χ2v) is 5.82. The van der Waals surface area contributed by atoms with Crippen LogP contribution in [0.15, 0.2) is 24.3 Å². The third kappa shape index (κ3) is 6.65. The van der Waals surface area contributed by atoms with Crippen molar-refractivity contribution >= 4 is 11.6 Å². The van der Waals surface area contributed by atoms with E-state index in [1.807, 2.05) is 0 Å². The van der Waals surface area contributed by atoms with Gasteiger partial charge in [0.1, 0.15) is 5.75 Å². The Morgan fingerprint density at radius 1 is 1.30 bits per heavy atom. The molecule has 0 heterocycles. The Kier molecular flexibility index (Phi) is 7.47. The van der Waals surface area contributed by atoms with Gasteiger partial charge in [0.25, 0.3) is 11.6 Å². The molecule has 0 aliphatic carbocycles. The van der Waals surface area contributed by atoms with Gasteiger partial charge in [0.05, 0.1) is 11.0 Å². The fourth-order valence-corrected chi connectivity index (χ4v) is 2.32. The van der Waals surface area contributed by atoms with Gasteiger partial charge < -0.3 is 10.1 Å². The zero-order valence-electron chi connectivity index (χ0n) is 14.1. The molecule has 0 atom stereocenters. The molecule has 0 bridgehead atoms. The smallest absolute Gasteiger partial charge is 0.273 e. The summed E-state index contributed by atoms with van der Waals surface area (Å²) in [5, 5.41) is 13.5. The number of nitro groups is 1. The number of amides is 1. The van der Waals surface area contributed by atoms with Gasteiger partial charge in [-0.15, -0.1) is 0 Å². The van der Waals surface area contributed by atoms with Gasteiger partial charge in [0.2, 0.25) is 0 Å². The summed E-state index contributed by atoms with van der Waals surface area (Å²) < 4.78 is 5.28. The topological polar surface area (TPSA) is 84.7 Å². The van der Waals surface area contributed by atoms with E-state index < -0.39 is 4.92 Å². The van der Waals surface area contributed by atoms with Crippen molar-refractivity contribution in [3.05, 3.63) is 34.4 Å². The molecule has 7 heteroatoms. The number of ether oxygens (including phenoxy) is 1. The second kappa shape index (κ2) is 9.09. The summed E-state index contributed by atoms with van der Waals surface area (Å²) in [6, 6.07) is 6.60. The average molecular weight is 323 g/mol. The van der Waals surface area contributed by atoms with Crippen LogP contribution in [-0.2, 0) is 4.79 Å². The Morgan fingerprint density at radius 2 is 1.96 bits per heavy atom. The van der Waals surface area contributed by atoms with Crippen LogP contribution >= 0.6 is 0 Å². The molecule has 0 aliphatic rings. The molecule has 0 aromatic heterocycles. The molecule has 0 saturated carbocycles. The SMILES string of the molecule is CC(C)N(CCNC(=O)COc1cccc([N+](=O)[O-])c1)C(C)C. The molecule has 128 valence electrons. The van der Waals surface area contributed by atoms with Gasteiger partial charge in [-0.3, -0.25) is 19.8 Å². The molecule has 0 saturated heterocycles. The first kappa shape index (κ1) is 18.9. The van der Waals surface area contributed by atoms with Gasteiger partial charge in [-0.1, -0.05) is 6.07 Å². The number of carbonyl (C=O) groups excluding carboxylic acids is 1. The van der Waals surface area contributed by atoms with E-state index in [1.54, 1.807) is 6.07 Å². The van der Waals surface area contributed by atoms with E-state index in [0.29, 0.717) is 24.4 Å². The second-order valence-electron chi connectivity index (χ2n) is 5.82. The molecule has 1 rings (SSSR count). The van der Waals surface area contributed by atoms with Crippen molar-refractivity contribution < 1.29 is 14.5 Å². The Balaban J connectivity index is 2.37. The third-order valence-electron chi connectivity index (χ3n) is 3.42. The maximum atomic E-state index is 11.8.